The van der Waals surface area contributed by atoms with Gasteiger partial charge in [-0.05, 0) is 71.7 Å². The lowest BCUT2D eigenvalue weighted by molar-refractivity contribution is 0.120. The molecule has 3 unspecified atom stereocenters. The number of para-hydroxylation sites is 2. The maximum absolute atomic E-state index is 5.31. The van der Waals surface area contributed by atoms with Gasteiger partial charge in [0.1, 0.15) is 6.17 Å². The molecule has 2 aliphatic rings. The lowest BCUT2D eigenvalue weighted by Crippen LogP contribution is -2.62. The number of benzene rings is 3. The average molecular weight is 531 g/mol. The van der Waals surface area contributed by atoms with Crippen LogP contribution in [0.2, 0.25) is 0 Å². The first kappa shape index (κ1) is 26.6. The molecule has 0 amide bonds. The summed E-state index contributed by atoms with van der Waals surface area (Å²) in [5.74, 6) is 2.78. The monoisotopic (exact) mass is 530 g/mol. The second-order valence-electron chi connectivity index (χ2n) is 12.5. The van der Waals surface area contributed by atoms with E-state index >= 15 is 0 Å². The first-order valence-electron chi connectivity index (χ1n) is 14.9. The molecule has 4 aromatic rings. The quantitative estimate of drug-likeness (QED) is 0.232. The van der Waals surface area contributed by atoms with Crippen molar-refractivity contribution < 1.29 is 0 Å². The van der Waals surface area contributed by atoms with Crippen molar-refractivity contribution in [3.63, 3.8) is 0 Å². The zero-order chi connectivity index (χ0) is 28.4. The van der Waals surface area contributed by atoms with Crippen molar-refractivity contribution in [3.05, 3.63) is 96.1 Å². The molecule has 3 aromatic carbocycles. The summed E-state index contributed by atoms with van der Waals surface area (Å²) in [6.45, 7) is 20.7. The molecule has 0 saturated heterocycles. The Balaban J connectivity index is 1.71. The number of hydrogen-bond donors (Lipinski definition) is 0. The Morgan fingerprint density at radius 1 is 0.800 bits per heavy atom. The van der Waals surface area contributed by atoms with E-state index in [1.54, 1.807) is 0 Å². The Labute approximate surface area is 239 Å². The van der Waals surface area contributed by atoms with Gasteiger partial charge in [-0.3, -0.25) is 0 Å². The highest BCUT2D eigenvalue weighted by molar-refractivity contribution is 5.91. The molecule has 0 spiro atoms. The Bertz CT molecular complexity index is 1590. The summed E-state index contributed by atoms with van der Waals surface area (Å²) in [4.78, 5) is 15.6. The highest BCUT2D eigenvalue weighted by atomic mass is 15.5. The molecular weight excluding hydrogens is 488 g/mol. The smallest absolute Gasteiger partial charge is 0.179 e. The van der Waals surface area contributed by atoms with E-state index in [9.17, 15) is 0 Å². The number of aromatic nitrogens is 2. The van der Waals surface area contributed by atoms with Crippen molar-refractivity contribution in [1.29, 1.82) is 0 Å². The van der Waals surface area contributed by atoms with Crippen molar-refractivity contribution in [3.8, 4) is 0 Å². The van der Waals surface area contributed by atoms with Crippen molar-refractivity contribution in [2.45, 2.75) is 84.7 Å². The van der Waals surface area contributed by atoms with Crippen LogP contribution in [0.1, 0.15) is 89.8 Å². The molecule has 40 heavy (non-hydrogen) atoms. The van der Waals surface area contributed by atoms with E-state index in [1.165, 1.54) is 22.4 Å². The van der Waals surface area contributed by atoms with Crippen LogP contribution >= 0.6 is 0 Å². The topological polar surface area (TPSA) is 32.3 Å². The normalized spacial score (nSPS) is 23.5. The third-order valence-corrected chi connectivity index (χ3v) is 9.97. The molecule has 0 saturated carbocycles. The summed E-state index contributed by atoms with van der Waals surface area (Å²) >= 11 is 0. The molecule has 3 atom stereocenters. The molecular formula is C36H42N4. The largest absolute Gasteiger partial charge is 0.301 e. The van der Waals surface area contributed by atoms with Crippen LogP contribution in [-0.2, 0) is 5.41 Å². The highest BCUT2D eigenvalue weighted by Gasteiger charge is 2.62. The molecule has 0 radical (unpaired) electrons. The first-order valence-corrected chi connectivity index (χ1v) is 14.9. The van der Waals surface area contributed by atoms with Crippen LogP contribution in [0.25, 0.3) is 11.0 Å². The number of rotatable bonds is 6. The summed E-state index contributed by atoms with van der Waals surface area (Å²) in [6, 6.07) is 24.4. The van der Waals surface area contributed by atoms with E-state index in [2.05, 4.69) is 126 Å². The minimum atomic E-state index is -0.221. The molecule has 0 aliphatic carbocycles. The van der Waals surface area contributed by atoms with Crippen molar-refractivity contribution in [1.82, 2.24) is 9.97 Å². The maximum Gasteiger partial charge on any atom is 0.179 e. The Morgan fingerprint density at radius 3 is 1.90 bits per heavy atom. The number of nitrogens with zero attached hydrogens (tertiary/aromatic N) is 4. The predicted octanol–water partition coefficient (Wildman–Crippen LogP) is 9.76. The fourth-order valence-electron chi connectivity index (χ4n) is 7.35. The van der Waals surface area contributed by atoms with Gasteiger partial charge in [-0.15, -0.1) is 6.58 Å². The molecule has 3 heterocycles. The zero-order valence-electron chi connectivity index (χ0n) is 25.1. The average Bonchev–Trinajstić information content (AvgIpc) is 3.31. The molecule has 2 aliphatic heterocycles. The number of allylic oxidation sites excluding steroid dienone is 1. The molecule has 4 heteroatoms. The standard InChI is InChI=1S/C36H42N4/c1-9-35(8)34-39(27-19-16-25(17-20-27)23(4)5)32-33(38-30-15-13-12-14-29(30)37-32)40(34)31-21-18-26(24(6)7)22-28(31)36(35,10-2)11-3/h10,12-24,34H,2,9,11H2,1,3-8H3. The van der Waals surface area contributed by atoms with Crippen molar-refractivity contribution in [2.75, 3.05) is 9.80 Å². The van der Waals surface area contributed by atoms with E-state index in [0.717, 1.165) is 41.2 Å². The van der Waals surface area contributed by atoms with Gasteiger partial charge >= 0.3 is 0 Å². The summed E-state index contributed by atoms with van der Waals surface area (Å²) in [5, 5.41) is 0. The predicted molar refractivity (Wildman–Crippen MR) is 169 cm³/mol. The second kappa shape index (κ2) is 9.47. The SMILES string of the molecule is C=CC1(CC)c2cc(C(C)C)ccc2N2c3nc4ccccc4nc3N(c3ccc(C(C)C)cc3)C2C1(C)CC. The number of anilines is 4. The summed E-state index contributed by atoms with van der Waals surface area (Å²) in [5.41, 5.74) is 7.86. The first-order chi connectivity index (χ1) is 19.2. The molecule has 6 rings (SSSR count). The summed E-state index contributed by atoms with van der Waals surface area (Å²) in [7, 11) is 0. The molecule has 0 fully saturated rings. The van der Waals surface area contributed by atoms with Gasteiger partial charge in [0.25, 0.3) is 0 Å². The van der Waals surface area contributed by atoms with E-state index in [4.69, 9.17) is 9.97 Å². The van der Waals surface area contributed by atoms with Gasteiger partial charge in [-0.25, -0.2) is 9.97 Å². The Morgan fingerprint density at radius 2 is 1.38 bits per heavy atom. The minimum absolute atomic E-state index is 0.00966. The van der Waals surface area contributed by atoms with E-state index in [-0.39, 0.29) is 17.0 Å². The van der Waals surface area contributed by atoms with Crippen LogP contribution in [-0.4, -0.2) is 16.1 Å². The van der Waals surface area contributed by atoms with E-state index in [0.29, 0.717) is 11.8 Å². The molecule has 206 valence electrons. The Kier molecular flexibility index (Phi) is 6.29. The van der Waals surface area contributed by atoms with Crippen LogP contribution in [0.4, 0.5) is 23.0 Å². The van der Waals surface area contributed by atoms with Crippen LogP contribution in [0.15, 0.2) is 79.4 Å². The van der Waals surface area contributed by atoms with Gasteiger partial charge in [-0.1, -0.05) is 90.9 Å². The van der Waals surface area contributed by atoms with Crippen LogP contribution in [0.5, 0.6) is 0 Å². The molecule has 0 bridgehead atoms. The molecule has 1 aromatic heterocycles. The Hall–Kier alpha value is -3.66. The fourth-order valence-corrected chi connectivity index (χ4v) is 7.35. The van der Waals surface area contributed by atoms with Gasteiger partial charge < -0.3 is 9.80 Å². The molecule has 0 N–H and O–H groups in total. The fraction of sp³-hybridized carbons (Fsp3) is 0.389. The minimum Gasteiger partial charge on any atom is -0.301 e. The van der Waals surface area contributed by atoms with Gasteiger partial charge in [0.05, 0.1) is 11.0 Å². The van der Waals surface area contributed by atoms with E-state index in [1.807, 2.05) is 12.1 Å². The van der Waals surface area contributed by atoms with Gasteiger partial charge in [0.15, 0.2) is 11.6 Å². The van der Waals surface area contributed by atoms with Gasteiger partial charge in [0, 0.05) is 22.2 Å². The molecule has 4 nitrogen and oxygen atoms in total. The lowest BCUT2D eigenvalue weighted by Gasteiger charge is -2.59. The summed E-state index contributed by atoms with van der Waals surface area (Å²) < 4.78 is 0. The van der Waals surface area contributed by atoms with Gasteiger partial charge in [0.2, 0.25) is 0 Å². The zero-order valence-corrected chi connectivity index (χ0v) is 25.1. The third kappa shape index (κ3) is 3.51. The van der Waals surface area contributed by atoms with Crippen LogP contribution < -0.4 is 9.80 Å². The highest BCUT2D eigenvalue weighted by Crippen LogP contribution is 2.64. The number of hydrogen-bond acceptors (Lipinski definition) is 4. The van der Waals surface area contributed by atoms with Crippen molar-refractivity contribution >= 4 is 34.0 Å². The third-order valence-electron chi connectivity index (χ3n) is 9.97. The number of fused-ring (bicyclic) bond motifs is 6. The van der Waals surface area contributed by atoms with Crippen LogP contribution in [0, 0.1) is 5.41 Å². The second-order valence-corrected chi connectivity index (χ2v) is 12.5. The van der Waals surface area contributed by atoms with E-state index < -0.39 is 0 Å². The maximum atomic E-state index is 5.31. The van der Waals surface area contributed by atoms with Crippen molar-refractivity contribution in [2.24, 2.45) is 5.41 Å². The van der Waals surface area contributed by atoms with Crippen LogP contribution in [0.3, 0.4) is 0 Å². The summed E-state index contributed by atoms with van der Waals surface area (Å²) in [6.07, 6.45) is 4.19. The lowest BCUT2D eigenvalue weighted by atomic mass is 9.54. The van der Waals surface area contributed by atoms with Gasteiger partial charge in [-0.2, -0.15) is 0 Å².